The second-order valence-electron chi connectivity index (χ2n) is 5.42. The summed E-state index contributed by atoms with van der Waals surface area (Å²) in [5.74, 6) is 1.39. The summed E-state index contributed by atoms with van der Waals surface area (Å²) < 4.78 is 6.00. The molecule has 1 aliphatic rings. The minimum atomic E-state index is 0.338. The Balaban J connectivity index is 1.52. The maximum Gasteiger partial charge on any atom is 0.0720 e. The SMILES string of the molecule is C[C@H](OCc1ccccc1)[C@@H]1C[C@H]1c1ccccc1. The van der Waals surface area contributed by atoms with Crippen molar-refractivity contribution in [3.63, 3.8) is 0 Å². The van der Waals surface area contributed by atoms with Crippen LogP contribution in [0.5, 0.6) is 0 Å². The largest absolute Gasteiger partial charge is 0.374 e. The van der Waals surface area contributed by atoms with Gasteiger partial charge in [-0.3, -0.25) is 0 Å². The number of ether oxygens (including phenoxy) is 1. The molecule has 1 fully saturated rings. The third-order valence-corrected chi connectivity index (χ3v) is 4.03. The Labute approximate surface area is 115 Å². The summed E-state index contributed by atoms with van der Waals surface area (Å²) in [5.41, 5.74) is 2.72. The minimum Gasteiger partial charge on any atom is -0.374 e. The summed E-state index contributed by atoms with van der Waals surface area (Å²) in [5, 5.41) is 0. The van der Waals surface area contributed by atoms with Gasteiger partial charge in [0.15, 0.2) is 0 Å². The van der Waals surface area contributed by atoms with E-state index in [1.165, 1.54) is 17.5 Å². The van der Waals surface area contributed by atoms with Crippen molar-refractivity contribution < 1.29 is 4.74 Å². The van der Waals surface area contributed by atoms with Gasteiger partial charge in [0.05, 0.1) is 12.7 Å². The molecule has 1 saturated carbocycles. The Bertz CT molecular complexity index is 506. The zero-order chi connectivity index (χ0) is 13.1. The van der Waals surface area contributed by atoms with E-state index in [1.54, 1.807) is 0 Å². The van der Waals surface area contributed by atoms with Crippen LogP contribution in [-0.2, 0) is 11.3 Å². The average Bonchev–Trinajstić information content (AvgIpc) is 3.27. The average molecular weight is 252 g/mol. The molecule has 0 unspecified atom stereocenters. The zero-order valence-electron chi connectivity index (χ0n) is 11.3. The maximum absolute atomic E-state index is 6.00. The van der Waals surface area contributed by atoms with Gasteiger partial charge >= 0.3 is 0 Å². The van der Waals surface area contributed by atoms with E-state index in [4.69, 9.17) is 4.74 Å². The fourth-order valence-electron chi connectivity index (χ4n) is 2.74. The van der Waals surface area contributed by atoms with Gasteiger partial charge in [-0.1, -0.05) is 60.7 Å². The molecule has 0 saturated heterocycles. The molecule has 3 rings (SSSR count). The molecule has 0 amide bonds. The molecule has 0 bridgehead atoms. The standard InChI is InChI=1S/C18H20O/c1-14(19-13-15-8-4-2-5-9-15)17-12-18(17)16-10-6-3-7-11-16/h2-11,14,17-18H,12-13H2,1H3/t14-,17-,18-/m0/s1. The van der Waals surface area contributed by atoms with Crippen molar-refractivity contribution in [2.75, 3.05) is 0 Å². The molecule has 0 heterocycles. The molecule has 1 heteroatoms. The van der Waals surface area contributed by atoms with Crippen molar-refractivity contribution in [3.05, 3.63) is 71.8 Å². The lowest BCUT2D eigenvalue weighted by atomic mass is 10.1. The van der Waals surface area contributed by atoms with Gasteiger partial charge in [-0.25, -0.2) is 0 Å². The van der Waals surface area contributed by atoms with Crippen molar-refractivity contribution in [3.8, 4) is 0 Å². The van der Waals surface area contributed by atoms with E-state index in [1.807, 2.05) is 6.07 Å². The Morgan fingerprint density at radius 2 is 1.63 bits per heavy atom. The summed E-state index contributed by atoms with van der Waals surface area (Å²) in [6.45, 7) is 2.93. The van der Waals surface area contributed by atoms with Gasteiger partial charge in [0.1, 0.15) is 0 Å². The first-order valence-electron chi connectivity index (χ1n) is 7.05. The quantitative estimate of drug-likeness (QED) is 0.766. The maximum atomic E-state index is 6.00. The first kappa shape index (κ1) is 12.4. The van der Waals surface area contributed by atoms with Gasteiger partial charge < -0.3 is 4.74 Å². The lowest BCUT2D eigenvalue weighted by Crippen LogP contribution is -2.11. The molecule has 0 radical (unpaired) electrons. The van der Waals surface area contributed by atoms with Crippen LogP contribution in [0.2, 0.25) is 0 Å². The third kappa shape index (κ3) is 3.05. The van der Waals surface area contributed by atoms with Crippen LogP contribution in [0, 0.1) is 5.92 Å². The molecule has 98 valence electrons. The van der Waals surface area contributed by atoms with Crippen LogP contribution >= 0.6 is 0 Å². The highest BCUT2D eigenvalue weighted by Gasteiger charge is 2.42. The predicted octanol–water partition coefficient (Wildman–Crippen LogP) is 4.40. The predicted molar refractivity (Wildman–Crippen MR) is 78.0 cm³/mol. The molecule has 2 aromatic rings. The fourth-order valence-corrected chi connectivity index (χ4v) is 2.74. The van der Waals surface area contributed by atoms with Gasteiger partial charge in [0.2, 0.25) is 0 Å². The monoisotopic (exact) mass is 252 g/mol. The van der Waals surface area contributed by atoms with E-state index in [0.717, 1.165) is 6.61 Å². The number of rotatable bonds is 5. The van der Waals surface area contributed by atoms with Gasteiger partial charge in [-0.15, -0.1) is 0 Å². The van der Waals surface area contributed by atoms with Crippen LogP contribution in [0.3, 0.4) is 0 Å². The topological polar surface area (TPSA) is 9.23 Å². The van der Waals surface area contributed by atoms with Crippen molar-refractivity contribution in [2.24, 2.45) is 5.92 Å². The molecule has 19 heavy (non-hydrogen) atoms. The summed E-state index contributed by atoms with van der Waals surface area (Å²) in [6.07, 6.45) is 1.60. The highest BCUT2D eigenvalue weighted by Crippen LogP contribution is 2.50. The van der Waals surface area contributed by atoms with Crippen molar-refractivity contribution in [1.82, 2.24) is 0 Å². The first-order valence-corrected chi connectivity index (χ1v) is 7.05. The summed E-state index contributed by atoms with van der Waals surface area (Å²) in [7, 11) is 0. The second-order valence-corrected chi connectivity index (χ2v) is 5.42. The highest BCUT2D eigenvalue weighted by atomic mass is 16.5. The van der Waals surface area contributed by atoms with E-state index in [9.17, 15) is 0 Å². The summed E-state index contributed by atoms with van der Waals surface area (Å²) in [6, 6.07) is 21.2. The molecular weight excluding hydrogens is 232 g/mol. The van der Waals surface area contributed by atoms with E-state index >= 15 is 0 Å². The number of benzene rings is 2. The Kier molecular flexibility index (Phi) is 3.65. The van der Waals surface area contributed by atoms with Crippen molar-refractivity contribution >= 4 is 0 Å². The summed E-state index contributed by atoms with van der Waals surface area (Å²) >= 11 is 0. The number of hydrogen-bond donors (Lipinski definition) is 0. The molecule has 3 atom stereocenters. The molecule has 0 N–H and O–H groups in total. The van der Waals surface area contributed by atoms with E-state index in [2.05, 4.69) is 61.5 Å². The highest BCUT2D eigenvalue weighted by molar-refractivity contribution is 5.26. The fraction of sp³-hybridized carbons (Fsp3) is 0.333. The Hall–Kier alpha value is -1.60. The van der Waals surface area contributed by atoms with Gasteiger partial charge in [-0.2, -0.15) is 0 Å². The number of hydrogen-bond acceptors (Lipinski definition) is 1. The van der Waals surface area contributed by atoms with Crippen molar-refractivity contribution in [2.45, 2.75) is 32.0 Å². The molecule has 0 aromatic heterocycles. The van der Waals surface area contributed by atoms with E-state index in [0.29, 0.717) is 17.9 Å². The van der Waals surface area contributed by atoms with E-state index in [-0.39, 0.29) is 0 Å². The summed E-state index contributed by atoms with van der Waals surface area (Å²) in [4.78, 5) is 0. The molecule has 1 aliphatic carbocycles. The van der Waals surface area contributed by atoms with E-state index < -0.39 is 0 Å². The molecule has 0 spiro atoms. The third-order valence-electron chi connectivity index (χ3n) is 4.03. The van der Waals surface area contributed by atoms with Crippen LogP contribution in [0.1, 0.15) is 30.4 Å². The minimum absolute atomic E-state index is 0.338. The normalized spacial score (nSPS) is 23.0. The van der Waals surface area contributed by atoms with Crippen LogP contribution < -0.4 is 0 Å². The van der Waals surface area contributed by atoms with Crippen LogP contribution in [0.25, 0.3) is 0 Å². The van der Waals surface area contributed by atoms with Crippen LogP contribution in [0.15, 0.2) is 60.7 Å². The first-order chi connectivity index (χ1) is 9.34. The van der Waals surface area contributed by atoms with Crippen LogP contribution in [-0.4, -0.2) is 6.10 Å². The molecule has 2 aromatic carbocycles. The van der Waals surface area contributed by atoms with Crippen molar-refractivity contribution in [1.29, 1.82) is 0 Å². The van der Waals surface area contributed by atoms with Crippen LogP contribution in [0.4, 0.5) is 0 Å². The second kappa shape index (κ2) is 5.58. The Morgan fingerprint density at radius 3 is 2.32 bits per heavy atom. The Morgan fingerprint density at radius 1 is 1.00 bits per heavy atom. The van der Waals surface area contributed by atoms with Gasteiger partial charge in [0, 0.05) is 0 Å². The van der Waals surface area contributed by atoms with Gasteiger partial charge in [0.25, 0.3) is 0 Å². The molecule has 1 nitrogen and oxygen atoms in total. The zero-order valence-corrected chi connectivity index (χ0v) is 11.3. The lowest BCUT2D eigenvalue weighted by Gasteiger charge is -2.13. The molecule has 0 aliphatic heterocycles. The lowest BCUT2D eigenvalue weighted by molar-refractivity contribution is 0.0374. The van der Waals surface area contributed by atoms with Gasteiger partial charge in [-0.05, 0) is 36.3 Å². The smallest absolute Gasteiger partial charge is 0.0720 e. The molecular formula is C18H20O.